The average molecular weight is 692 g/mol. The Hall–Kier alpha value is -4.44. The van der Waals surface area contributed by atoms with Gasteiger partial charge in [-0.1, -0.05) is 62.0 Å². The molecule has 0 amide bonds. The van der Waals surface area contributed by atoms with E-state index in [2.05, 4.69) is 30.3 Å². The van der Waals surface area contributed by atoms with E-state index in [9.17, 15) is 26.3 Å². The maximum atomic E-state index is 14.1. The van der Waals surface area contributed by atoms with Crippen molar-refractivity contribution in [2.24, 2.45) is 10.1 Å². The number of aryl methyl sites for hydroxylation is 1. The monoisotopic (exact) mass is 691 g/mol. The lowest BCUT2D eigenvalue weighted by atomic mass is 9.98. The van der Waals surface area contributed by atoms with Crippen molar-refractivity contribution < 1.29 is 31.1 Å². The number of thioether (sulfide) groups is 1. The van der Waals surface area contributed by atoms with Crippen molar-refractivity contribution >= 4 is 46.2 Å². The molecular formula is C31H27F6N7OS2. The molecule has 1 unspecified atom stereocenters. The number of nitrogens with zero attached hydrogens (tertiary/aromatic N) is 6. The summed E-state index contributed by atoms with van der Waals surface area (Å²) in [4.78, 5) is 9.78. The van der Waals surface area contributed by atoms with Crippen LogP contribution in [0, 0.1) is 6.92 Å². The van der Waals surface area contributed by atoms with E-state index in [0.29, 0.717) is 28.3 Å². The predicted molar refractivity (Wildman–Crippen MR) is 174 cm³/mol. The molecule has 8 nitrogen and oxygen atoms in total. The SMILES string of the molecule is Cc1ccc(C(C)C)c(N2/C(=N/C(=S)N/N=C/c3ccc(-c4ncn(-c5ccc(OC(F)(F)F)cc5)n4)cc3)SCC2C(F)(F)F)c1. The molecule has 1 aromatic heterocycles. The van der Waals surface area contributed by atoms with Gasteiger partial charge in [0.15, 0.2) is 11.0 Å². The number of rotatable bonds is 7. The lowest BCUT2D eigenvalue weighted by Crippen LogP contribution is -2.45. The fraction of sp³-hybridized carbons (Fsp3) is 0.258. The van der Waals surface area contributed by atoms with Crippen LogP contribution < -0.4 is 15.1 Å². The van der Waals surface area contributed by atoms with Crippen molar-refractivity contribution in [1.29, 1.82) is 0 Å². The van der Waals surface area contributed by atoms with Crippen LogP contribution in [0.25, 0.3) is 17.1 Å². The highest BCUT2D eigenvalue weighted by molar-refractivity contribution is 8.14. The van der Waals surface area contributed by atoms with Crippen molar-refractivity contribution in [3.8, 4) is 22.8 Å². The molecule has 1 atom stereocenters. The van der Waals surface area contributed by atoms with Crippen LogP contribution in [0.4, 0.5) is 32.0 Å². The zero-order valence-corrected chi connectivity index (χ0v) is 26.7. The predicted octanol–water partition coefficient (Wildman–Crippen LogP) is 8.01. The molecule has 47 heavy (non-hydrogen) atoms. The Morgan fingerprint density at radius 2 is 1.74 bits per heavy atom. The number of hydrogen-bond acceptors (Lipinski definition) is 6. The van der Waals surface area contributed by atoms with Crippen molar-refractivity contribution in [3.63, 3.8) is 0 Å². The van der Waals surface area contributed by atoms with Gasteiger partial charge in [0.05, 0.1) is 11.9 Å². The summed E-state index contributed by atoms with van der Waals surface area (Å²) in [5.41, 5.74) is 6.49. The minimum absolute atomic E-state index is 0.0126. The number of hydrazone groups is 1. The molecule has 0 saturated carbocycles. The van der Waals surface area contributed by atoms with Gasteiger partial charge in [0, 0.05) is 17.0 Å². The highest BCUT2D eigenvalue weighted by Gasteiger charge is 2.50. The summed E-state index contributed by atoms with van der Waals surface area (Å²) in [6, 6.07) is 15.9. The lowest BCUT2D eigenvalue weighted by molar-refractivity contribution is -0.274. The normalized spacial score (nSPS) is 16.4. The Balaban J connectivity index is 1.25. The molecule has 1 aliphatic rings. The van der Waals surface area contributed by atoms with Crippen LogP contribution >= 0.6 is 24.0 Å². The number of alkyl halides is 6. The van der Waals surface area contributed by atoms with Gasteiger partial charge in [0.1, 0.15) is 18.1 Å². The van der Waals surface area contributed by atoms with Gasteiger partial charge >= 0.3 is 12.5 Å². The van der Waals surface area contributed by atoms with Gasteiger partial charge in [-0.3, -0.25) is 5.43 Å². The van der Waals surface area contributed by atoms with Crippen LogP contribution in [-0.2, 0) is 0 Å². The smallest absolute Gasteiger partial charge is 0.406 e. The fourth-order valence-corrected chi connectivity index (χ4v) is 6.05. The standard InChI is InChI=1S/C31H27F6N7OS2/c1-18(2)24-13-4-19(3)14-25(24)44-26(30(32,33)34)16-47-29(44)40-28(46)41-39-15-20-5-7-21(8-6-20)27-38-17-43(42-27)22-9-11-23(12-10-22)45-31(35,36)37/h4-15,17-18,26H,16H2,1-3H3,(H,41,46)/b39-15+,40-29-. The van der Waals surface area contributed by atoms with E-state index in [1.54, 1.807) is 30.3 Å². The van der Waals surface area contributed by atoms with Crippen LogP contribution in [-0.4, -0.2) is 55.6 Å². The minimum Gasteiger partial charge on any atom is -0.406 e. The van der Waals surface area contributed by atoms with Crippen molar-refractivity contribution in [2.75, 3.05) is 10.7 Å². The van der Waals surface area contributed by atoms with Crippen LogP contribution in [0.3, 0.4) is 0 Å². The number of thiocarbonyl (C=S) groups is 1. The van der Waals surface area contributed by atoms with E-state index in [4.69, 9.17) is 12.2 Å². The van der Waals surface area contributed by atoms with Crippen molar-refractivity contribution in [1.82, 2.24) is 20.2 Å². The summed E-state index contributed by atoms with van der Waals surface area (Å²) >= 11 is 6.28. The number of hydrogen-bond donors (Lipinski definition) is 1. The van der Waals surface area contributed by atoms with Crippen molar-refractivity contribution in [3.05, 3.63) is 89.7 Å². The molecule has 2 heterocycles. The highest BCUT2D eigenvalue weighted by atomic mass is 32.2. The number of amidine groups is 1. The first-order valence-electron chi connectivity index (χ1n) is 14.1. The Bertz CT molecular complexity index is 1790. The second-order valence-corrected chi connectivity index (χ2v) is 12.1. The second-order valence-electron chi connectivity index (χ2n) is 10.7. The van der Waals surface area contributed by atoms with Gasteiger partial charge in [-0.2, -0.15) is 23.3 Å². The molecule has 16 heteroatoms. The Morgan fingerprint density at radius 1 is 1.04 bits per heavy atom. The largest absolute Gasteiger partial charge is 0.573 e. The highest BCUT2D eigenvalue weighted by Crippen LogP contribution is 2.41. The van der Waals surface area contributed by atoms with Gasteiger partial charge in [-0.15, -0.1) is 18.3 Å². The molecule has 3 aromatic carbocycles. The zero-order valence-electron chi connectivity index (χ0n) is 25.0. The summed E-state index contributed by atoms with van der Waals surface area (Å²) in [7, 11) is 0. The van der Waals surface area contributed by atoms with E-state index in [1.807, 2.05) is 32.9 Å². The van der Waals surface area contributed by atoms with Gasteiger partial charge < -0.3 is 9.64 Å². The Morgan fingerprint density at radius 3 is 2.38 bits per heavy atom. The summed E-state index contributed by atoms with van der Waals surface area (Å²) in [5.74, 6) is -0.202. The molecule has 1 fully saturated rings. The summed E-state index contributed by atoms with van der Waals surface area (Å²) in [6.07, 6.45) is -6.35. The molecule has 1 saturated heterocycles. The number of halogens is 6. The molecule has 246 valence electrons. The third-order valence-corrected chi connectivity index (χ3v) is 8.11. The molecule has 0 aliphatic carbocycles. The average Bonchev–Trinajstić information content (AvgIpc) is 3.65. The summed E-state index contributed by atoms with van der Waals surface area (Å²) in [5, 5.41) is 8.51. The Kier molecular flexibility index (Phi) is 9.91. The van der Waals surface area contributed by atoms with Gasteiger partial charge in [-0.25, -0.2) is 9.67 Å². The number of benzene rings is 3. The van der Waals surface area contributed by atoms with Crippen LogP contribution in [0.1, 0.15) is 36.5 Å². The number of anilines is 1. The lowest BCUT2D eigenvalue weighted by Gasteiger charge is -2.30. The molecule has 4 aromatic rings. The quantitative estimate of drug-likeness (QED) is 0.0911. The molecular weight excluding hydrogens is 665 g/mol. The van der Waals surface area contributed by atoms with E-state index in [1.165, 1.54) is 46.4 Å². The number of ether oxygens (including phenoxy) is 1. The number of aliphatic imine (C=N–C) groups is 1. The van der Waals surface area contributed by atoms with Gasteiger partial charge in [-0.05, 0) is 72.1 Å². The first kappa shape index (κ1) is 33.9. The number of nitrogens with one attached hydrogen (secondary N) is 1. The molecule has 0 bridgehead atoms. The second kappa shape index (κ2) is 13.7. The first-order chi connectivity index (χ1) is 22.2. The summed E-state index contributed by atoms with van der Waals surface area (Å²) < 4.78 is 84.8. The Labute approximate surface area is 275 Å². The zero-order chi connectivity index (χ0) is 33.9. The van der Waals surface area contributed by atoms with Crippen LogP contribution in [0.5, 0.6) is 5.75 Å². The third kappa shape index (κ3) is 8.48. The minimum atomic E-state index is -4.78. The van der Waals surface area contributed by atoms with Gasteiger partial charge in [0.2, 0.25) is 5.11 Å². The maximum absolute atomic E-state index is 14.1. The maximum Gasteiger partial charge on any atom is 0.573 e. The number of aromatic nitrogens is 3. The molecule has 5 rings (SSSR count). The van der Waals surface area contributed by atoms with E-state index < -0.39 is 18.6 Å². The van der Waals surface area contributed by atoms with E-state index in [-0.39, 0.29) is 27.7 Å². The third-order valence-electron chi connectivity index (χ3n) is 6.90. The fourth-order valence-electron chi connectivity index (χ4n) is 4.69. The molecule has 1 aliphatic heterocycles. The molecule has 0 spiro atoms. The first-order valence-corrected chi connectivity index (χ1v) is 15.5. The van der Waals surface area contributed by atoms with Crippen molar-refractivity contribution in [2.45, 2.75) is 45.3 Å². The topological polar surface area (TPSA) is 79.9 Å². The molecule has 0 radical (unpaired) electrons. The van der Waals surface area contributed by atoms with E-state index >= 15 is 0 Å². The molecule has 1 N–H and O–H groups in total. The van der Waals surface area contributed by atoms with Gasteiger partial charge in [0.25, 0.3) is 0 Å². The van der Waals surface area contributed by atoms with Crippen LogP contribution in [0.15, 0.2) is 83.2 Å². The summed E-state index contributed by atoms with van der Waals surface area (Å²) in [6.45, 7) is 5.68. The van der Waals surface area contributed by atoms with E-state index in [0.717, 1.165) is 22.9 Å². The van der Waals surface area contributed by atoms with Crippen LogP contribution in [0.2, 0.25) is 0 Å².